The van der Waals surface area contributed by atoms with Crippen LogP contribution in [0.1, 0.15) is 16.7 Å². The lowest BCUT2D eigenvalue weighted by atomic mass is 9.99. The van der Waals surface area contributed by atoms with Crippen molar-refractivity contribution in [2.24, 2.45) is 0 Å². The maximum atomic E-state index is 7.16. The lowest BCUT2D eigenvalue weighted by Crippen LogP contribution is -2.11. The van der Waals surface area contributed by atoms with Crippen LogP contribution >= 0.6 is 0 Å². The zero-order chi connectivity index (χ0) is 11.6. The largest absolute Gasteiger partial charge is 0.398 e. The first-order valence-corrected chi connectivity index (χ1v) is 4.10. The van der Waals surface area contributed by atoms with Crippen LogP contribution in [0.25, 0.3) is 0 Å². The van der Waals surface area contributed by atoms with Crippen molar-refractivity contribution in [2.45, 2.75) is 0 Å². The van der Waals surface area contributed by atoms with Gasteiger partial charge >= 0.3 is 0 Å². The first-order valence-electron chi connectivity index (χ1n) is 4.10. The molecule has 0 saturated heterocycles. The highest BCUT2D eigenvalue weighted by Crippen LogP contribution is 2.31. The molecule has 0 aliphatic carbocycles. The van der Waals surface area contributed by atoms with E-state index in [1.165, 1.54) is 0 Å². The topological polar surface area (TPSA) is 150 Å². The van der Waals surface area contributed by atoms with E-state index >= 15 is 0 Å². The molecular weight excluding hydrogens is 192 g/mol. The van der Waals surface area contributed by atoms with Gasteiger partial charge in [-0.15, -0.1) is 0 Å². The van der Waals surface area contributed by atoms with E-state index in [1.807, 2.05) is 0 Å². The molecular formula is C9H12N6. The Morgan fingerprint density at radius 3 is 0.933 bits per heavy atom. The van der Waals surface area contributed by atoms with Crippen LogP contribution in [0.3, 0.4) is 0 Å². The van der Waals surface area contributed by atoms with Gasteiger partial charge in [-0.1, -0.05) is 0 Å². The Balaban J connectivity index is 3.79. The summed E-state index contributed by atoms with van der Waals surface area (Å²) in [5.74, 6) is 0. The molecule has 0 bridgehead atoms. The normalized spacial score (nSPS) is 9.60. The highest BCUT2D eigenvalue weighted by molar-refractivity contribution is 6.10. The molecule has 1 aromatic carbocycles. The molecule has 78 valence electrons. The van der Waals surface area contributed by atoms with E-state index < -0.39 is 0 Å². The minimum Gasteiger partial charge on any atom is -0.398 e. The summed E-state index contributed by atoms with van der Waals surface area (Å²) in [6, 6.07) is 0. The van der Waals surface area contributed by atoms with Crippen LogP contribution in [-0.4, -0.2) is 18.6 Å². The minimum atomic E-state index is 0.195. The van der Waals surface area contributed by atoms with E-state index in [-0.39, 0.29) is 17.1 Å². The van der Waals surface area contributed by atoms with E-state index in [2.05, 4.69) is 0 Å². The van der Waals surface area contributed by atoms with Gasteiger partial charge < -0.3 is 33.4 Å². The summed E-state index contributed by atoms with van der Waals surface area (Å²) in [6.45, 7) is 0. The first kappa shape index (κ1) is 10.7. The number of hydrogen-bond acceptors (Lipinski definition) is 6. The fourth-order valence-electron chi connectivity index (χ4n) is 1.34. The molecule has 0 aliphatic heterocycles. The van der Waals surface area contributed by atoms with Crippen molar-refractivity contribution in [1.29, 1.82) is 16.2 Å². The van der Waals surface area contributed by atoms with E-state index in [4.69, 9.17) is 33.4 Å². The van der Waals surface area contributed by atoms with Crippen LogP contribution in [0.4, 0.5) is 17.1 Å². The van der Waals surface area contributed by atoms with Gasteiger partial charge in [-0.3, -0.25) is 0 Å². The number of nitrogen functional groups attached to an aromatic ring is 3. The van der Waals surface area contributed by atoms with E-state index in [9.17, 15) is 0 Å². The van der Waals surface area contributed by atoms with Crippen molar-refractivity contribution >= 4 is 35.7 Å². The van der Waals surface area contributed by atoms with Crippen LogP contribution in [0.2, 0.25) is 0 Å². The molecule has 0 aliphatic rings. The van der Waals surface area contributed by atoms with Crippen molar-refractivity contribution in [3.8, 4) is 0 Å². The van der Waals surface area contributed by atoms with E-state index in [1.54, 1.807) is 0 Å². The van der Waals surface area contributed by atoms with E-state index in [0.29, 0.717) is 16.7 Å². The highest BCUT2D eigenvalue weighted by Gasteiger charge is 2.15. The number of benzene rings is 1. The molecule has 9 N–H and O–H groups in total. The molecule has 6 heteroatoms. The standard InChI is InChI=1S/C9H12N6/c10-1-4-7(13)5(2-11)9(15)6(3-12)8(4)14/h1-3,10-12H,13-15H2. The van der Waals surface area contributed by atoms with Crippen molar-refractivity contribution in [2.75, 3.05) is 17.2 Å². The lowest BCUT2D eigenvalue weighted by molar-refractivity contribution is 1.48. The third-order valence-corrected chi connectivity index (χ3v) is 2.17. The van der Waals surface area contributed by atoms with Gasteiger partial charge in [0, 0.05) is 35.3 Å². The van der Waals surface area contributed by atoms with Gasteiger partial charge in [-0.05, 0) is 0 Å². The van der Waals surface area contributed by atoms with Gasteiger partial charge in [0.2, 0.25) is 0 Å². The summed E-state index contributed by atoms with van der Waals surface area (Å²) in [7, 11) is 0. The van der Waals surface area contributed by atoms with Gasteiger partial charge in [-0.25, -0.2) is 0 Å². The highest BCUT2D eigenvalue weighted by atomic mass is 14.7. The third kappa shape index (κ3) is 1.41. The zero-order valence-corrected chi connectivity index (χ0v) is 7.96. The Kier molecular flexibility index (Phi) is 2.70. The summed E-state index contributed by atoms with van der Waals surface area (Å²) < 4.78 is 0. The van der Waals surface area contributed by atoms with Crippen LogP contribution in [0.15, 0.2) is 0 Å². The lowest BCUT2D eigenvalue weighted by Gasteiger charge is -2.14. The molecule has 0 unspecified atom stereocenters. The van der Waals surface area contributed by atoms with E-state index in [0.717, 1.165) is 18.6 Å². The number of rotatable bonds is 3. The van der Waals surface area contributed by atoms with Crippen molar-refractivity contribution < 1.29 is 0 Å². The monoisotopic (exact) mass is 204 g/mol. The van der Waals surface area contributed by atoms with Gasteiger partial charge in [0.15, 0.2) is 0 Å². The predicted octanol–water partition coefficient (Wildman–Crippen LogP) is 0.426. The second-order valence-corrected chi connectivity index (χ2v) is 2.92. The maximum Gasteiger partial charge on any atom is 0.0534 e. The SMILES string of the molecule is N=Cc1c(N)c(C=N)c(N)c(C=N)c1N. The van der Waals surface area contributed by atoms with Gasteiger partial charge in [0.05, 0.1) is 17.1 Å². The number of nitrogens with two attached hydrogens (primary N) is 3. The molecule has 1 rings (SSSR count). The predicted molar refractivity (Wildman–Crippen MR) is 63.3 cm³/mol. The second kappa shape index (κ2) is 3.79. The average Bonchev–Trinajstić information content (AvgIpc) is 2.19. The molecule has 0 saturated carbocycles. The molecule has 0 amide bonds. The van der Waals surface area contributed by atoms with Gasteiger partial charge in [0.1, 0.15) is 0 Å². The number of hydrogen-bond donors (Lipinski definition) is 6. The fraction of sp³-hybridized carbons (Fsp3) is 0. The van der Waals surface area contributed by atoms with Crippen molar-refractivity contribution in [1.82, 2.24) is 0 Å². The summed E-state index contributed by atoms with van der Waals surface area (Å²) in [6.07, 6.45) is 2.97. The van der Waals surface area contributed by atoms with Crippen LogP contribution in [-0.2, 0) is 0 Å². The smallest absolute Gasteiger partial charge is 0.0534 e. The second-order valence-electron chi connectivity index (χ2n) is 2.92. The summed E-state index contributed by atoms with van der Waals surface area (Å²) >= 11 is 0. The van der Waals surface area contributed by atoms with Crippen LogP contribution in [0, 0.1) is 16.2 Å². The molecule has 0 atom stereocenters. The van der Waals surface area contributed by atoms with Crippen molar-refractivity contribution in [3.63, 3.8) is 0 Å². The third-order valence-electron chi connectivity index (χ3n) is 2.17. The molecule has 6 nitrogen and oxygen atoms in total. The first-order chi connectivity index (χ1) is 7.08. The summed E-state index contributed by atoms with van der Waals surface area (Å²) in [5, 5.41) is 21.5. The summed E-state index contributed by atoms with van der Waals surface area (Å²) in [5.41, 5.74) is 18.5. The number of anilines is 3. The van der Waals surface area contributed by atoms with Crippen LogP contribution < -0.4 is 17.2 Å². The maximum absolute atomic E-state index is 7.16. The average molecular weight is 204 g/mol. The Morgan fingerprint density at radius 1 is 0.600 bits per heavy atom. The molecule has 0 fully saturated rings. The molecule has 15 heavy (non-hydrogen) atoms. The fourth-order valence-corrected chi connectivity index (χ4v) is 1.34. The molecule has 0 heterocycles. The molecule has 0 spiro atoms. The Bertz CT molecular complexity index is 361. The molecule has 1 aromatic rings. The Morgan fingerprint density at radius 2 is 0.800 bits per heavy atom. The van der Waals surface area contributed by atoms with Gasteiger partial charge in [-0.2, -0.15) is 0 Å². The quantitative estimate of drug-likeness (QED) is 0.313. The zero-order valence-electron chi connectivity index (χ0n) is 7.96. The summed E-state index contributed by atoms with van der Waals surface area (Å²) in [4.78, 5) is 0. The molecule has 0 radical (unpaired) electrons. The minimum absolute atomic E-state index is 0.195. The Hall–Kier alpha value is -2.37. The Labute approximate surface area is 86.6 Å². The molecule has 0 aromatic heterocycles. The number of nitrogens with one attached hydrogen (secondary N) is 3. The van der Waals surface area contributed by atoms with Gasteiger partial charge in [0.25, 0.3) is 0 Å². The van der Waals surface area contributed by atoms with Crippen molar-refractivity contribution in [3.05, 3.63) is 16.7 Å². The van der Waals surface area contributed by atoms with Crippen LogP contribution in [0.5, 0.6) is 0 Å².